The number of benzene rings is 2. The molecule has 1 unspecified atom stereocenters. The average molecular weight is 278 g/mol. The molecule has 0 N–H and O–H groups in total. The number of carbonyl (C=O) groups excluding carboxylic acids is 1. The lowest BCUT2D eigenvalue weighted by atomic mass is 9.95. The molecule has 0 amide bonds. The summed E-state index contributed by atoms with van der Waals surface area (Å²) in [7, 11) is 0. The van der Waals surface area contributed by atoms with Crippen LogP contribution in [0.4, 0.5) is 0 Å². The molecule has 106 valence electrons. The molecule has 0 saturated heterocycles. The van der Waals surface area contributed by atoms with E-state index in [0.717, 1.165) is 17.4 Å². The van der Waals surface area contributed by atoms with Crippen LogP contribution in [0.25, 0.3) is 11.0 Å². The van der Waals surface area contributed by atoms with E-state index in [2.05, 4.69) is 19.1 Å². The zero-order valence-electron chi connectivity index (χ0n) is 12.1. The molecular weight excluding hydrogens is 260 g/mol. The molecular formula is C19H18O2. The largest absolute Gasteiger partial charge is 0.453 e. The first kappa shape index (κ1) is 13.6. The minimum absolute atomic E-state index is 0.0784. The Morgan fingerprint density at radius 1 is 1.05 bits per heavy atom. The van der Waals surface area contributed by atoms with E-state index in [1.807, 2.05) is 48.5 Å². The summed E-state index contributed by atoms with van der Waals surface area (Å²) in [6, 6.07) is 19.8. The number of rotatable bonds is 5. The van der Waals surface area contributed by atoms with Crippen molar-refractivity contribution in [3.05, 3.63) is 72.0 Å². The fourth-order valence-corrected chi connectivity index (χ4v) is 2.63. The predicted molar refractivity (Wildman–Crippen MR) is 84.5 cm³/mol. The highest BCUT2D eigenvalue weighted by Crippen LogP contribution is 2.22. The second-order valence-electron chi connectivity index (χ2n) is 5.57. The first-order valence-corrected chi connectivity index (χ1v) is 7.28. The van der Waals surface area contributed by atoms with Gasteiger partial charge in [-0.15, -0.1) is 0 Å². The third-order valence-electron chi connectivity index (χ3n) is 3.66. The molecule has 3 aromatic rings. The van der Waals surface area contributed by atoms with Gasteiger partial charge in [-0.2, -0.15) is 0 Å². The molecule has 0 spiro atoms. The quantitative estimate of drug-likeness (QED) is 0.622. The van der Waals surface area contributed by atoms with E-state index in [1.165, 1.54) is 5.56 Å². The Kier molecular flexibility index (Phi) is 3.87. The first-order chi connectivity index (χ1) is 10.2. The average Bonchev–Trinajstić information content (AvgIpc) is 2.92. The summed E-state index contributed by atoms with van der Waals surface area (Å²) in [5.41, 5.74) is 2.04. The van der Waals surface area contributed by atoms with Gasteiger partial charge >= 0.3 is 0 Å². The third-order valence-corrected chi connectivity index (χ3v) is 3.66. The summed E-state index contributed by atoms with van der Waals surface area (Å²) >= 11 is 0. The van der Waals surface area contributed by atoms with Crippen molar-refractivity contribution in [2.24, 2.45) is 5.92 Å². The maximum atomic E-state index is 12.3. The maximum Gasteiger partial charge on any atom is 0.198 e. The van der Waals surface area contributed by atoms with E-state index < -0.39 is 0 Å². The molecule has 0 fully saturated rings. The summed E-state index contributed by atoms with van der Waals surface area (Å²) in [4.78, 5) is 12.3. The second-order valence-corrected chi connectivity index (χ2v) is 5.57. The van der Waals surface area contributed by atoms with E-state index >= 15 is 0 Å². The fraction of sp³-hybridized carbons (Fsp3) is 0.211. The molecule has 0 radical (unpaired) electrons. The van der Waals surface area contributed by atoms with E-state index in [1.54, 1.807) is 0 Å². The van der Waals surface area contributed by atoms with Crippen molar-refractivity contribution < 1.29 is 9.21 Å². The van der Waals surface area contributed by atoms with Crippen LogP contribution in [0.1, 0.15) is 29.5 Å². The zero-order valence-corrected chi connectivity index (χ0v) is 12.1. The van der Waals surface area contributed by atoms with Gasteiger partial charge in [0.25, 0.3) is 0 Å². The van der Waals surface area contributed by atoms with Crippen LogP contribution in [0.2, 0.25) is 0 Å². The van der Waals surface area contributed by atoms with Crippen LogP contribution in [0.5, 0.6) is 0 Å². The standard InChI is InChI=1S/C19H18O2/c1-14(11-15-7-3-2-4-8-15)12-17(20)19-13-16-9-5-6-10-18(16)21-19/h2-10,13-14H,11-12H2,1H3. The number of hydrogen-bond donors (Lipinski definition) is 0. The number of carbonyl (C=O) groups is 1. The molecule has 1 aromatic heterocycles. The van der Waals surface area contributed by atoms with Crippen molar-refractivity contribution in [2.45, 2.75) is 19.8 Å². The Morgan fingerprint density at radius 2 is 1.76 bits per heavy atom. The van der Waals surface area contributed by atoms with E-state index in [0.29, 0.717) is 18.1 Å². The van der Waals surface area contributed by atoms with Gasteiger partial charge in [0.15, 0.2) is 11.5 Å². The monoisotopic (exact) mass is 278 g/mol. The van der Waals surface area contributed by atoms with Crippen LogP contribution in [-0.2, 0) is 6.42 Å². The Hall–Kier alpha value is -2.35. The van der Waals surface area contributed by atoms with Crippen LogP contribution in [0, 0.1) is 5.92 Å². The Morgan fingerprint density at radius 3 is 2.52 bits per heavy atom. The highest BCUT2D eigenvalue weighted by atomic mass is 16.3. The lowest BCUT2D eigenvalue weighted by molar-refractivity contribution is 0.0939. The van der Waals surface area contributed by atoms with Gasteiger partial charge in [0.05, 0.1) is 0 Å². The van der Waals surface area contributed by atoms with Gasteiger partial charge in [-0.25, -0.2) is 0 Å². The molecule has 0 aliphatic heterocycles. The van der Waals surface area contributed by atoms with Crippen molar-refractivity contribution in [1.82, 2.24) is 0 Å². The van der Waals surface area contributed by atoms with Crippen LogP contribution < -0.4 is 0 Å². The van der Waals surface area contributed by atoms with Gasteiger partial charge in [0.1, 0.15) is 5.58 Å². The SMILES string of the molecule is CC(CC(=O)c1cc2ccccc2o1)Cc1ccccc1. The normalized spacial score (nSPS) is 12.4. The lowest BCUT2D eigenvalue weighted by Gasteiger charge is -2.09. The number of ketones is 1. The van der Waals surface area contributed by atoms with Crippen LogP contribution in [-0.4, -0.2) is 5.78 Å². The Bertz CT molecular complexity index is 707. The molecule has 0 saturated carbocycles. The van der Waals surface area contributed by atoms with Crippen molar-refractivity contribution in [3.8, 4) is 0 Å². The molecule has 21 heavy (non-hydrogen) atoms. The summed E-state index contributed by atoms with van der Waals surface area (Å²) in [5.74, 6) is 0.846. The number of hydrogen-bond acceptors (Lipinski definition) is 2. The molecule has 2 nitrogen and oxygen atoms in total. The molecule has 1 atom stereocenters. The summed E-state index contributed by atoms with van der Waals surface area (Å²) in [6.45, 7) is 2.10. The molecule has 3 rings (SSSR count). The van der Waals surface area contributed by atoms with Gasteiger partial charge in [-0.3, -0.25) is 4.79 Å². The number of Topliss-reactive ketones (excluding diaryl/α,β-unsaturated/α-hetero) is 1. The van der Waals surface area contributed by atoms with Crippen LogP contribution >= 0.6 is 0 Å². The maximum absolute atomic E-state index is 12.3. The summed E-state index contributed by atoms with van der Waals surface area (Å²) < 4.78 is 5.63. The topological polar surface area (TPSA) is 30.2 Å². The van der Waals surface area contributed by atoms with Crippen molar-refractivity contribution >= 4 is 16.8 Å². The van der Waals surface area contributed by atoms with Gasteiger partial charge in [0, 0.05) is 11.8 Å². The highest BCUT2D eigenvalue weighted by Gasteiger charge is 2.15. The van der Waals surface area contributed by atoms with Crippen molar-refractivity contribution in [3.63, 3.8) is 0 Å². The molecule has 1 heterocycles. The molecule has 2 aromatic carbocycles. The van der Waals surface area contributed by atoms with E-state index in [-0.39, 0.29) is 5.78 Å². The molecule has 0 aliphatic carbocycles. The lowest BCUT2D eigenvalue weighted by Crippen LogP contribution is -2.07. The summed E-state index contributed by atoms with van der Waals surface area (Å²) in [6.07, 6.45) is 1.42. The number of para-hydroxylation sites is 1. The molecule has 0 bridgehead atoms. The number of fused-ring (bicyclic) bond motifs is 1. The van der Waals surface area contributed by atoms with Crippen LogP contribution in [0.15, 0.2) is 65.1 Å². The minimum atomic E-state index is 0.0784. The highest BCUT2D eigenvalue weighted by molar-refractivity contribution is 5.97. The molecule has 2 heteroatoms. The van der Waals surface area contributed by atoms with Crippen molar-refractivity contribution in [2.75, 3.05) is 0 Å². The first-order valence-electron chi connectivity index (χ1n) is 7.28. The zero-order chi connectivity index (χ0) is 14.7. The van der Waals surface area contributed by atoms with Crippen molar-refractivity contribution in [1.29, 1.82) is 0 Å². The second kappa shape index (κ2) is 5.96. The Labute approximate surface area is 124 Å². The Balaban J connectivity index is 1.68. The van der Waals surface area contributed by atoms with E-state index in [9.17, 15) is 4.79 Å². The molecule has 0 aliphatic rings. The fourth-order valence-electron chi connectivity index (χ4n) is 2.63. The van der Waals surface area contributed by atoms with Gasteiger partial charge in [0.2, 0.25) is 0 Å². The predicted octanol–water partition coefficient (Wildman–Crippen LogP) is 4.88. The van der Waals surface area contributed by atoms with E-state index in [4.69, 9.17) is 4.42 Å². The van der Waals surface area contributed by atoms with Crippen LogP contribution in [0.3, 0.4) is 0 Å². The smallest absolute Gasteiger partial charge is 0.198 e. The van der Waals surface area contributed by atoms with Gasteiger partial charge < -0.3 is 4.42 Å². The van der Waals surface area contributed by atoms with Gasteiger partial charge in [-0.05, 0) is 30.0 Å². The number of furan rings is 1. The van der Waals surface area contributed by atoms with Gasteiger partial charge in [-0.1, -0.05) is 55.5 Å². The summed E-state index contributed by atoms with van der Waals surface area (Å²) in [5, 5.41) is 0.983. The minimum Gasteiger partial charge on any atom is -0.453 e. The third kappa shape index (κ3) is 3.22.